The summed E-state index contributed by atoms with van der Waals surface area (Å²) in [6, 6.07) is 6.69. The van der Waals surface area contributed by atoms with E-state index in [2.05, 4.69) is 0 Å². The number of nitrogens with two attached hydrogens (primary N) is 1. The summed E-state index contributed by atoms with van der Waals surface area (Å²) in [6.07, 6.45) is 2.14. The molecule has 0 aliphatic rings. The maximum absolute atomic E-state index is 12.7. The fourth-order valence-corrected chi connectivity index (χ4v) is 1.95. The highest BCUT2D eigenvalue weighted by molar-refractivity contribution is 7.99. The second-order valence-corrected chi connectivity index (χ2v) is 3.97. The van der Waals surface area contributed by atoms with Gasteiger partial charge in [0.2, 0.25) is 0 Å². The predicted molar refractivity (Wildman–Crippen MR) is 55.4 cm³/mol. The van der Waals surface area contributed by atoms with Gasteiger partial charge in [-0.1, -0.05) is 6.07 Å². The maximum atomic E-state index is 12.7. The summed E-state index contributed by atoms with van der Waals surface area (Å²) < 4.78 is 12.7. The molecule has 0 unspecified atom stereocenters. The Labute approximate surface area is 82.5 Å². The number of benzene rings is 1. The number of thioether (sulfide) groups is 1. The van der Waals surface area contributed by atoms with Crippen molar-refractivity contribution in [2.24, 2.45) is 5.73 Å². The molecule has 0 saturated heterocycles. The summed E-state index contributed by atoms with van der Waals surface area (Å²) in [4.78, 5) is 0.997. The third kappa shape index (κ3) is 4.29. The lowest BCUT2D eigenvalue weighted by atomic mass is 10.3. The van der Waals surface area contributed by atoms with E-state index in [4.69, 9.17) is 5.73 Å². The van der Waals surface area contributed by atoms with Crippen LogP contribution >= 0.6 is 11.8 Å². The van der Waals surface area contributed by atoms with Crippen LogP contribution in [0.5, 0.6) is 0 Å². The Hall–Kier alpha value is -0.540. The van der Waals surface area contributed by atoms with Crippen LogP contribution in [0.25, 0.3) is 0 Å². The van der Waals surface area contributed by atoms with Crippen molar-refractivity contribution in [1.82, 2.24) is 0 Å². The number of unbranched alkanes of at least 4 members (excludes halogenated alkanes) is 1. The minimum Gasteiger partial charge on any atom is -0.330 e. The van der Waals surface area contributed by atoms with Gasteiger partial charge in [-0.15, -0.1) is 11.8 Å². The molecule has 1 aromatic carbocycles. The van der Waals surface area contributed by atoms with Crippen LogP contribution in [0.3, 0.4) is 0 Å². The second kappa shape index (κ2) is 6.00. The number of hydrogen-bond donors (Lipinski definition) is 1. The average molecular weight is 199 g/mol. The van der Waals surface area contributed by atoms with Crippen molar-refractivity contribution < 1.29 is 4.39 Å². The van der Waals surface area contributed by atoms with Gasteiger partial charge < -0.3 is 5.73 Å². The average Bonchev–Trinajstić information content (AvgIpc) is 2.13. The summed E-state index contributed by atoms with van der Waals surface area (Å²) in [7, 11) is 0. The summed E-state index contributed by atoms with van der Waals surface area (Å²) >= 11 is 1.68. The van der Waals surface area contributed by atoms with E-state index < -0.39 is 0 Å². The minimum atomic E-state index is -0.163. The Kier molecular flexibility index (Phi) is 4.86. The Bertz CT molecular complexity index is 252. The lowest BCUT2D eigenvalue weighted by Crippen LogP contribution is -1.98. The zero-order valence-electron chi connectivity index (χ0n) is 7.50. The van der Waals surface area contributed by atoms with Gasteiger partial charge in [-0.05, 0) is 43.3 Å². The first kappa shape index (κ1) is 10.5. The minimum absolute atomic E-state index is 0.163. The molecule has 0 atom stereocenters. The molecule has 2 N–H and O–H groups in total. The number of halogens is 1. The predicted octanol–water partition coefficient (Wildman–Crippen LogP) is 2.66. The van der Waals surface area contributed by atoms with E-state index in [9.17, 15) is 4.39 Å². The van der Waals surface area contributed by atoms with Crippen molar-refractivity contribution in [3.05, 3.63) is 30.1 Å². The maximum Gasteiger partial charge on any atom is 0.124 e. The Balaban J connectivity index is 2.28. The Morgan fingerprint density at radius 1 is 1.31 bits per heavy atom. The molecule has 3 heteroatoms. The molecule has 0 aromatic heterocycles. The lowest BCUT2D eigenvalue weighted by Gasteiger charge is -2.00. The molecule has 1 aromatic rings. The van der Waals surface area contributed by atoms with Gasteiger partial charge in [0, 0.05) is 4.90 Å². The van der Waals surface area contributed by atoms with E-state index >= 15 is 0 Å². The molecule has 0 heterocycles. The van der Waals surface area contributed by atoms with E-state index in [1.165, 1.54) is 6.07 Å². The number of hydrogen-bond acceptors (Lipinski definition) is 2. The summed E-state index contributed by atoms with van der Waals surface area (Å²) in [5.74, 6) is 0.851. The van der Waals surface area contributed by atoms with Crippen LogP contribution in [0.4, 0.5) is 4.39 Å². The van der Waals surface area contributed by atoms with Crippen LogP contribution in [0, 0.1) is 5.82 Å². The molecule has 0 bridgehead atoms. The molecular formula is C10H14FNS. The molecule has 1 nitrogen and oxygen atoms in total. The van der Waals surface area contributed by atoms with Gasteiger partial charge >= 0.3 is 0 Å². The zero-order valence-corrected chi connectivity index (χ0v) is 8.32. The third-order valence-electron chi connectivity index (χ3n) is 1.66. The normalized spacial score (nSPS) is 10.3. The number of rotatable bonds is 5. The van der Waals surface area contributed by atoms with E-state index in [0.29, 0.717) is 0 Å². The van der Waals surface area contributed by atoms with Gasteiger partial charge in [-0.2, -0.15) is 0 Å². The van der Waals surface area contributed by atoms with E-state index in [-0.39, 0.29) is 5.82 Å². The van der Waals surface area contributed by atoms with Crippen LogP contribution in [0.2, 0.25) is 0 Å². The lowest BCUT2D eigenvalue weighted by molar-refractivity contribution is 0.624. The van der Waals surface area contributed by atoms with Gasteiger partial charge in [0.25, 0.3) is 0 Å². The van der Waals surface area contributed by atoms with Gasteiger partial charge in [-0.3, -0.25) is 0 Å². The molecule has 72 valence electrons. The summed E-state index contributed by atoms with van der Waals surface area (Å²) in [5.41, 5.74) is 5.36. The van der Waals surface area contributed by atoms with E-state index in [1.54, 1.807) is 23.9 Å². The van der Waals surface area contributed by atoms with Crippen LogP contribution in [-0.4, -0.2) is 12.3 Å². The monoisotopic (exact) mass is 199 g/mol. The highest BCUT2D eigenvalue weighted by Gasteiger charge is 1.95. The summed E-state index contributed by atoms with van der Waals surface area (Å²) in [5, 5.41) is 0. The molecule has 0 amide bonds. The SMILES string of the molecule is NCCCCSc1cccc(F)c1. The zero-order chi connectivity index (χ0) is 9.52. The highest BCUT2D eigenvalue weighted by atomic mass is 32.2. The quantitative estimate of drug-likeness (QED) is 0.583. The van der Waals surface area contributed by atoms with Crippen LogP contribution in [0.1, 0.15) is 12.8 Å². The van der Waals surface area contributed by atoms with Gasteiger partial charge in [0.15, 0.2) is 0 Å². The van der Waals surface area contributed by atoms with Crippen molar-refractivity contribution in [2.45, 2.75) is 17.7 Å². The molecule has 0 aliphatic heterocycles. The van der Waals surface area contributed by atoms with Gasteiger partial charge in [0.05, 0.1) is 0 Å². The summed E-state index contributed by atoms with van der Waals surface area (Å²) in [6.45, 7) is 0.740. The van der Waals surface area contributed by atoms with Crippen molar-refractivity contribution in [3.63, 3.8) is 0 Å². The molecule has 13 heavy (non-hydrogen) atoms. The van der Waals surface area contributed by atoms with Crippen LogP contribution in [0.15, 0.2) is 29.2 Å². The van der Waals surface area contributed by atoms with Crippen molar-refractivity contribution in [2.75, 3.05) is 12.3 Å². The first-order chi connectivity index (χ1) is 6.33. The molecule has 0 aliphatic carbocycles. The standard InChI is InChI=1S/C10H14FNS/c11-9-4-3-5-10(8-9)13-7-2-1-6-12/h3-5,8H,1-2,6-7,12H2. The topological polar surface area (TPSA) is 26.0 Å². The first-order valence-corrected chi connectivity index (χ1v) is 5.40. The molecule has 1 rings (SSSR count). The Morgan fingerprint density at radius 3 is 2.85 bits per heavy atom. The molecular weight excluding hydrogens is 185 g/mol. The third-order valence-corrected chi connectivity index (χ3v) is 2.74. The molecule has 0 saturated carbocycles. The fourth-order valence-electron chi connectivity index (χ4n) is 0.993. The first-order valence-electron chi connectivity index (χ1n) is 4.41. The Morgan fingerprint density at radius 2 is 2.15 bits per heavy atom. The molecule has 0 fully saturated rings. The second-order valence-electron chi connectivity index (χ2n) is 2.80. The van der Waals surface area contributed by atoms with Crippen LogP contribution in [-0.2, 0) is 0 Å². The van der Waals surface area contributed by atoms with E-state index in [0.717, 1.165) is 30.0 Å². The van der Waals surface area contributed by atoms with Crippen molar-refractivity contribution in [1.29, 1.82) is 0 Å². The largest absolute Gasteiger partial charge is 0.330 e. The molecule has 0 radical (unpaired) electrons. The smallest absolute Gasteiger partial charge is 0.124 e. The van der Waals surface area contributed by atoms with Gasteiger partial charge in [-0.25, -0.2) is 4.39 Å². The molecule has 0 spiro atoms. The fraction of sp³-hybridized carbons (Fsp3) is 0.400. The van der Waals surface area contributed by atoms with Gasteiger partial charge in [0.1, 0.15) is 5.82 Å². The van der Waals surface area contributed by atoms with Crippen molar-refractivity contribution >= 4 is 11.8 Å². The van der Waals surface area contributed by atoms with Crippen LogP contribution < -0.4 is 5.73 Å². The van der Waals surface area contributed by atoms with Crippen molar-refractivity contribution in [3.8, 4) is 0 Å². The highest BCUT2D eigenvalue weighted by Crippen LogP contribution is 2.19. The van der Waals surface area contributed by atoms with E-state index in [1.807, 2.05) is 6.07 Å².